The lowest BCUT2D eigenvalue weighted by molar-refractivity contribution is -0.117. The summed E-state index contributed by atoms with van der Waals surface area (Å²) in [4.78, 5) is 16.3. The van der Waals surface area contributed by atoms with Gasteiger partial charge in [-0.2, -0.15) is 11.8 Å². The zero-order valence-corrected chi connectivity index (χ0v) is 13.5. The molecule has 5 heteroatoms. The number of para-hydroxylation sites is 1. The quantitative estimate of drug-likeness (QED) is 0.804. The van der Waals surface area contributed by atoms with Gasteiger partial charge in [0, 0.05) is 29.0 Å². The molecule has 2 aromatic rings. The minimum Gasteiger partial charge on any atom is -0.395 e. The summed E-state index contributed by atoms with van der Waals surface area (Å²) in [5.41, 5.74) is 1.86. The average molecular weight is 316 g/mol. The van der Waals surface area contributed by atoms with Crippen LogP contribution in [0, 0.1) is 0 Å². The maximum atomic E-state index is 12.0. The number of nitrogens with zero attached hydrogens (tertiary/aromatic N) is 1. The minimum absolute atomic E-state index is 0.000828. The number of nitrogens with one attached hydrogen (secondary N) is 1. The van der Waals surface area contributed by atoms with E-state index in [-0.39, 0.29) is 23.8 Å². The van der Waals surface area contributed by atoms with E-state index in [0.29, 0.717) is 0 Å². The molecule has 2 unspecified atom stereocenters. The Kier molecular flexibility index (Phi) is 5.98. The summed E-state index contributed by atoms with van der Waals surface area (Å²) >= 11 is 1.54. The fraction of sp³-hybridized carbons (Fsp3) is 0.294. The van der Waals surface area contributed by atoms with Gasteiger partial charge in [0.2, 0.25) is 5.91 Å². The fourth-order valence-corrected chi connectivity index (χ4v) is 2.86. The van der Waals surface area contributed by atoms with Crippen molar-refractivity contribution in [2.75, 3.05) is 12.9 Å². The van der Waals surface area contributed by atoms with Crippen molar-refractivity contribution in [1.82, 2.24) is 10.3 Å². The first-order valence-corrected chi connectivity index (χ1v) is 8.40. The van der Waals surface area contributed by atoms with Crippen LogP contribution in [0.15, 0.2) is 42.6 Å². The molecule has 22 heavy (non-hydrogen) atoms. The van der Waals surface area contributed by atoms with E-state index in [1.54, 1.807) is 12.3 Å². The van der Waals surface area contributed by atoms with Gasteiger partial charge in [0.05, 0.1) is 12.1 Å². The number of thioether (sulfide) groups is 1. The molecule has 0 radical (unpaired) electrons. The topological polar surface area (TPSA) is 62.2 Å². The number of hydrogen-bond donors (Lipinski definition) is 2. The molecule has 0 aliphatic rings. The Hall–Kier alpha value is -1.85. The number of benzene rings is 1. The van der Waals surface area contributed by atoms with Crippen molar-refractivity contribution in [2.45, 2.75) is 18.2 Å². The molecule has 0 aliphatic heterocycles. The second-order valence-corrected chi connectivity index (χ2v) is 6.08. The van der Waals surface area contributed by atoms with Crippen molar-refractivity contribution in [3.63, 3.8) is 0 Å². The van der Waals surface area contributed by atoms with Crippen LogP contribution in [0.3, 0.4) is 0 Å². The summed E-state index contributed by atoms with van der Waals surface area (Å²) in [7, 11) is 0. The lowest BCUT2D eigenvalue weighted by Crippen LogP contribution is -2.40. The molecular weight excluding hydrogens is 296 g/mol. The monoisotopic (exact) mass is 316 g/mol. The highest BCUT2D eigenvalue weighted by Crippen LogP contribution is 2.17. The molecule has 116 valence electrons. The number of aliphatic hydroxyl groups excluding tert-OH is 1. The van der Waals surface area contributed by atoms with Crippen LogP contribution in [0.5, 0.6) is 0 Å². The van der Waals surface area contributed by atoms with Crippen LogP contribution < -0.4 is 5.32 Å². The molecule has 0 spiro atoms. The van der Waals surface area contributed by atoms with E-state index < -0.39 is 0 Å². The van der Waals surface area contributed by atoms with Gasteiger partial charge in [-0.05, 0) is 37.0 Å². The minimum atomic E-state index is -0.166. The predicted molar refractivity (Wildman–Crippen MR) is 92.8 cm³/mol. The smallest absolute Gasteiger partial charge is 0.244 e. The number of pyridine rings is 1. The van der Waals surface area contributed by atoms with E-state index >= 15 is 0 Å². The fourth-order valence-electron chi connectivity index (χ4n) is 2.23. The molecule has 0 bridgehead atoms. The maximum absolute atomic E-state index is 12.0. The molecule has 4 nitrogen and oxygen atoms in total. The predicted octanol–water partition coefficient (Wildman–Crippen LogP) is 2.48. The van der Waals surface area contributed by atoms with Crippen LogP contribution in [-0.4, -0.2) is 40.2 Å². The van der Waals surface area contributed by atoms with Crippen LogP contribution >= 0.6 is 11.8 Å². The number of carbonyl (C=O) groups excluding carboxylic acids is 1. The molecule has 0 saturated carbocycles. The van der Waals surface area contributed by atoms with E-state index in [1.165, 1.54) is 17.8 Å². The Morgan fingerprint density at radius 1 is 1.41 bits per heavy atom. The van der Waals surface area contributed by atoms with Crippen molar-refractivity contribution >= 4 is 34.6 Å². The molecule has 0 saturated heterocycles. The van der Waals surface area contributed by atoms with Gasteiger partial charge in [-0.3, -0.25) is 9.78 Å². The number of carbonyl (C=O) groups is 1. The van der Waals surface area contributed by atoms with Gasteiger partial charge in [-0.25, -0.2) is 0 Å². The van der Waals surface area contributed by atoms with Gasteiger partial charge in [0.25, 0.3) is 0 Å². The third kappa shape index (κ3) is 4.08. The van der Waals surface area contributed by atoms with Crippen molar-refractivity contribution in [3.05, 3.63) is 48.2 Å². The Bertz CT molecular complexity index is 663. The summed E-state index contributed by atoms with van der Waals surface area (Å²) < 4.78 is 0. The number of aromatic nitrogens is 1. The maximum Gasteiger partial charge on any atom is 0.244 e. The van der Waals surface area contributed by atoms with E-state index in [4.69, 9.17) is 0 Å². The van der Waals surface area contributed by atoms with Gasteiger partial charge < -0.3 is 10.4 Å². The molecule has 2 N–H and O–H groups in total. The SMILES string of the molecule is CSC(CO)C(C)NC(=O)/C=C/c1ccnc2ccccc12. The average Bonchev–Trinajstić information content (AvgIpc) is 2.54. The Morgan fingerprint density at radius 3 is 2.91 bits per heavy atom. The first-order valence-electron chi connectivity index (χ1n) is 7.11. The first-order chi connectivity index (χ1) is 10.7. The lowest BCUT2D eigenvalue weighted by atomic mass is 10.1. The number of rotatable bonds is 6. The van der Waals surface area contributed by atoms with Crippen molar-refractivity contribution < 1.29 is 9.90 Å². The molecular formula is C17H20N2O2S. The lowest BCUT2D eigenvalue weighted by Gasteiger charge is -2.20. The van der Waals surface area contributed by atoms with E-state index in [1.807, 2.05) is 43.5 Å². The number of fused-ring (bicyclic) bond motifs is 1. The van der Waals surface area contributed by atoms with Crippen LogP contribution in [0.1, 0.15) is 12.5 Å². The number of hydrogen-bond acceptors (Lipinski definition) is 4. The van der Waals surface area contributed by atoms with E-state index in [9.17, 15) is 9.90 Å². The highest BCUT2D eigenvalue weighted by molar-refractivity contribution is 7.99. The highest BCUT2D eigenvalue weighted by atomic mass is 32.2. The summed E-state index contributed by atoms with van der Waals surface area (Å²) in [5, 5.41) is 13.1. The highest BCUT2D eigenvalue weighted by Gasteiger charge is 2.16. The van der Waals surface area contributed by atoms with E-state index in [0.717, 1.165) is 16.5 Å². The van der Waals surface area contributed by atoms with Gasteiger partial charge >= 0.3 is 0 Å². The molecule has 1 aromatic heterocycles. The third-order valence-electron chi connectivity index (χ3n) is 3.51. The first kappa shape index (κ1) is 16.5. The van der Waals surface area contributed by atoms with Crippen LogP contribution in [-0.2, 0) is 4.79 Å². The molecule has 1 aromatic carbocycles. The Morgan fingerprint density at radius 2 is 2.18 bits per heavy atom. The Labute approximate surface area is 134 Å². The summed E-state index contributed by atoms with van der Waals surface area (Å²) in [6, 6.07) is 9.61. The van der Waals surface area contributed by atoms with Crippen LogP contribution in [0.25, 0.3) is 17.0 Å². The second-order valence-electron chi connectivity index (χ2n) is 5.00. The molecule has 0 fully saturated rings. The van der Waals surface area contributed by atoms with Crippen LogP contribution in [0.2, 0.25) is 0 Å². The zero-order valence-electron chi connectivity index (χ0n) is 12.7. The summed E-state index contributed by atoms with van der Waals surface area (Å²) in [6.45, 7) is 1.94. The summed E-state index contributed by atoms with van der Waals surface area (Å²) in [6.07, 6.45) is 6.96. The molecule has 0 aliphatic carbocycles. The van der Waals surface area contributed by atoms with Gasteiger partial charge in [0.1, 0.15) is 0 Å². The molecule has 1 heterocycles. The van der Waals surface area contributed by atoms with Crippen molar-refractivity contribution in [1.29, 1.82) is 0 Å². The molecule has 2 atom stereocenters. The van der Waals surface area contributed by atoms with Gasteiger partial charge in [-0.1, -0.05) is 18.2 Å². The van der Waals surface area contributed by atoms with Crippen molar-refractivity contribution in [2.24, 2.45) is 0 Å². The van der Waals surface area contributed by atoms with Gasteiger partial charge in [0.15, 0.2) is 0 Å². The third-order valence-corrected chi connectivity index (χ3v) is 4.67. The summed E-state index contributed by atoms with van der Waals surface area (Å²) in [5.74, 6) is -0.166. The molecule has 2 rings (SSSR count). The van der Waals surface area contributed by atoms with Crippen LogP contribution in [0.4, 0.5) is 0 Å². The molecule has 1 amide bonds. The normalized spacial score (nSPS) is 14.1. The number of aliphatic hydroxyl groups is 1. The van der Waals surface area contributed by atoms with Crippen molar-refractivity contribution in [3.8, 4) is 0 Å². The standard InChI is InChI=1S/C17H20N2O2S/c1-12(16(11-20)22-2)19-17(21)8-7-13-9-10-18-15-6-4-3-5-14(13)15/h3-10,12,16,20H,11H2,1-2H3,(H,19,21)/b8-7+. The second kappa shape index (κ2) is 7.96. The largest absolute Gasteiger partial charge is 0.395 e. The van der Waals surface area contributed by atoms with Gasteiger partial charge in [-0.15, -0.1) is 0 Å². The number of amides is 1. The van der Waals surface area contributed by atoms with E-state index in [2.05, 4.69) is 10.3 Å². The Balaban J connectivity index is 2.09. The zero-order chi connectivity index (χ0) is 15.9.